The summed E-state index contributed by atoms with van der Waals surface area (Å²) < 4.78 is 4.58. The normalized spacial score (nSPS) is 14.6. The zero-order valence-corrected chi connectivity index (χ0v) is 20.8. The van der Waals surface area contributed by atoms with Gasteiger partial charge in [-0.1, -0.05) is 75.3 Å². The van der Waals surface area contributed by atoms with Crippen LogP contribution in [0.1, 0.15) is 88.1 Å². The summed E-state index contributed by atoms with van der Waals surface area (Å²) in [5.74, 6) is 1.71. The summed E-state index contributed by atoms with van der Waals surface area (Å²) in [7, 11) is 0. The molecule has 2 heterocycles. The monoisotopic (exact) mass is 456 g/mol. The number of piperidine rings is 1. The molecule has 1 saturated heterocycles. The van der Waals surface area contributed by atoms with Gasteiger partial charge in [-0.05, 0) is 37.7 Å². The molecule has 2 aromatic rings. The number of unbranched alkanes of at least 4 members (excludes halogenated alkanes) is 6. The summed E-state index contributed by atoms with van der Waals surface area (Å²) >= 11 is 1.51. The summed E-state index contributed by atoms with van der Waals surface area (Å²) in [6, 6.07) is 8.59. The Kier molecular flexibility index (Phi) is 10.5. The molecular weight excluding hydrogens is 416 g/mol. The van der Waals surface area contributed by atoms with E-state index in [0.717, 1.165) is 56.3 Å². The number of nitrogens with one attached hydrogen (secondary N) is 1. The van der Waals surface area contributed by atoms with E-state index in [9.17, 15) is 4.79 Å². The number of amides is 1. The Balaban J connectivity index is 1.29. The Labute approximate surface area is 198 Å². The van der Waals surface area contributed by atoms with E-state index < -0.39 is 0 Å². The summed E-state index contributed by atoms with van der Waals surface area (Å²) in [6.07, 6.45) is 12.4. The Morgan fingerprint density at radius 1 is 1.06 bits per heavy atom. The lowest BCUT2D eigenvalue weighted by Crippen LogP contribution is -2.38. The van der Waals surface area contributed by atoms with E-state index in [1.54, 1.807) is 0 Å². The predicted octanol–water partition coefficient (Wildman–Crippen LogP) is 5.91. The maximum absolute atomic E-state index is 12.1. The van der Waals surface area contributed by atoms with Gasteiger partial charge in [0.05, 0.1) is 0 Å². The van der Waals surface area contributed by atoms with Gasteiger partial charge in [0.25, 0.3) is 0 Å². The number of aryl methyl sites for hydroxylation is 1. The molecule has 1 aromatic carbocycles. The molecule has 3 rings (SSSR count). The van der Waals surface area contributed by atoms with E-state index in [1.165, 1.54) is 61.2 Å². The van der Waals surface area contributed by atoms with Crippen molar-refractivity contribution in [2.45, 2.75) is 84.5 Å². The van der Waals surface area contributed by atoms with Gasteiger partial charge in [0.15, 0.2) is 0 Å². The second kappa shape index (κ2) is 13.6. The van der Waals surface area contributed by atoms with Crippen LogP contribution in [0, 0.1) is 12.8 Å². The number of hydrogen-bond acceptors (Lipinski definition) is 5. The molecule has 0 aliphatic carbocycles. The summed E-state index contributed by atoms with van der Waals surface area (Å²) in [5, 5.41) is 4.21. The number of carbonyl (C=O) groups excluding carboxylic acids is 1. The fourth-order valence-electron chi connectivity index (χ4n) is 4.25. The van der Waals surface area contributed by atoms with Gasteiger partial charge in [-0.15, -0.1) is 0 Å². The van der Waals surface area contributed by atoms with Gasteiger partial charge in [0.1, 0.15) is 5.82 Å². The lowest BCUT2D eigenvalue weighted by atomic mass is 9.97. The van der Waals surface area contributed by atoms with E-state index in [1.807, 2.05) is 0 Å². The molecule has 32 heavy (non-hydrogen) atoms. The molecule has 0 bridgehead atoms. The van der Waals surface area contributed by atoms with Crippen molar-refractivity contribution >= 4 is 22.6 Å². The minimum absolute atomic E-state index is 0.228. The smallest absolute Gasteiger partial charge is 0.220 e. The quantitative estimate of drug-likeness (QED) is 0.381. The third kappa shape index (κ3) is 8.53. The molecule has 5 nitrogen and oxygen atoms in total. The van der Waals surface area contributed by atoms with Crippen molar-refractivity contribution in [3.63, 3.8) is 0 Å². The highest BCUT2D eigenvalue weighted by Crippen LogP contribution is 2.25. The third-order valence-electron chi connectivity index (χ3n) is 6.42. The average Bonchev–Trinajstić information content (AvgIpc) is 3.27. The maximum Gasteiger partial charge on any atom is 0.220 e. The molecule has 1 aromatic heterocycles. The van der Waals surface area contributed by atoms with Crippen LogP contribution in [0.25, 0.3) is 0 Å². The van der Waals surface area contributed by atoms with E-state index in [-0.39, 0.29) is 5.91 Å². The fourth-order valence-corrected chi connectivity index (χ4v) is 4.99. The first-order valence-electron chi connectivity index (χ1n) is 12.5. The van der Waals surface area contributed by atoms with E-state index in [2.05, 4.69) is 52.7 Å². The highest BCUT2D eigenvalue weighted by atomic mass is 32.1. The van der Waals surface area contributed by atoms with Crippen LogP contribution < -0.4 is 10.2 Å². The highest BCUT2D eigenvalue weighted by Gasteiger charge is 2.22. The van der Waals surface area contributed by atoms with Crippen LogP contribution in [-0.2, 0) is 11.2 Å². The molecule has 0 spiro atoms. The van der Waals surface area contributed by atoms with Crippen LogP contribution in [0.4, 0.5) is 5.13 Å². The number of benzene rings is 1. The van der Waals surface area contributed by atoms with Crippen molar-refractivity contribution in [3.8, 4) is 0 Å². The second-order valence-corrected chi connectivity index (χ2v) is 9.99. The number of carbonyl (C=O) groups is 1. The Morgan fingerprint density at radius 3 is 2.47 bits per heavy atom. The standard InChI is InChI=1S/C26H40N4OS/c1-3-4-5-6-7-8-9-10-25(31)27-20-23-15-17-30(18-16-23)26-28-24(29-32-26)19-22-13-11-21(2)12-14-22/h11-14,23H,3-10,15-20H2,1-2H3,(H,27,31). The summed E-state index contributed by atoms with van der Waals surface area (Å²) in [6.45, 7) is 7.16. The number of anilines is 1. The number of aromatic nitrogens is 2. The lowest BCUT2D eigenvalue weighted by Gasteiger charge is -2.31. The molecule has 0 saturated carbocycles. The summed E-state index contributed by atoms with van der Waals surface area (Å²) in [4.78, 5) is 19.3. The average molecular weight is 457 g/mol. The molecule has 176 valence electrons. The molecule has 6 heteroatoms. The maximum atomic E-state index is 12.1. The third-order valence-corrected chi connectivity index (χ3v) is 7.24. The van der Waals surface area contributed by atoms with Crippen molar-refractivity contribution in [3.05, 3.63) is 41.2 Å². The van der Waals surface area contributed by atoms with Crippen LogP contribution >= 0.6 is 11.5 Å². The van der Waals surface area contributed by atoms with Gasteiger partial charge in [-0.2, -0.15) is 4.37 Å². The minimum Gasteiger partial charge on any atom is -0.356 e. The van der Waals surface area contributed by atoms with Gasteiger partial charge >= 0.3 is 0 Å². The molecule has 1 aliphatic rings. The van der Waals surface area contributed by atoms with Crippen molar-refractivity contribution in [1.29, 1.82) is 0 Å². The van der Waals surface area contributed by atoms with Crippen LogP contribution in [0.2, 0.25) is 0 Å². The molecule has 1 fully saturated rings. The SMILES string of the molecule is CCCCCCCCCC(=O)NCC1CCN(c2nc(Cc3ccc(C)cc3)ns2)CC1. The zero-order valence-electron chi connectivity index (χ0n) is 19.9. The first kappa shape index (κ1) is 24.7. The lowest BCUT2D eigenvalue weighted by molar-refractivity contribution is -0.121. The van der Waals surface area contributed by atoms with Crippen molar-refractivity contribution < 1.29 is 4.79 Å². The largest absolute Gasteiger partial charge is 0.356 e. The fraction of sp³-hybridized carbons (Fsp3) is 0.654. The molecular formula is C26H40N4OS. The summed E-state index contributed by atoms with van der Waals surface area (Å²) in [5.41, 5.74) is 2.53. The van der Waals surface area contributed by atoms with Gasteiger partial charge in [-0.3, -0.25) is 4.79 Å². The van der Waals surface area contributed by atoms with Crippen molar-refractivity contribution in [2.75, 3.05) is 24.5 Å². The number of nitrogens with zero attached hydrogens (tertiary/aromatic N) is 3. The Bertz CT molecular complexity index is 796. The van der Waals surface area contributed by atoms with E-state index >= 15 is 0 Å². The molecule has 0 atom stereocenters. The topological polar surface area (TPSA) is 58.1 Å². The van der Waals surface area contributed by atoms with Gasteiger partial charge in [0, 0.05) is 44.0 Å². The van der Waals surface area contributed by atoms with Gasteiger partial charge in [0.2, 0.25) is 11.0 Å². The Hall–Kier alpha value is -1.95. The minimum atomic E-state index is 0.228. The highest BCUT2D eigenvalue weighted by molar-refractivity contribution is 7.09. The molecule has 1 aliphatic heterocycles. The van der Waals surface area contributed by atoms with E-state index in [4.69, 9.17) is 4.98 Å². The zero-order chi connectivity index (χ0) is 22.6. The van der Waals surface area contributed by atoms with Crippen molar-refractivity contribution in [2.24, 2.45) is 5.92 Å². The first-order valence-corrected chi connectivity index (χ1v) is 13.3. The molecule has 1 amide bonds. The molecule has 0 unspecified atom stereocenters. The second-order valence-electron chi connectivity index (χ2n) is 9.26. The predicted molar refractivity (Wildman–Crippen MR) is 134 cm³/mol. The number of hydrogen-bond donors (Lipinski definition) is 1. The molecule has 1 N–H and O–H groups in total. The van der Waals surface area contributed by atoms with Crippen LogP contribution in [0.3, 0.4) is 0 Å². The van der Waals surface area contributed by atoms with Crippen LogP contribution in [-0.4, -0.2) is 34.9 Å². The van der Waals surface area contributed by atoms with Crippen LogP contribution in [0.5, 0.6) is 0 Å². The van der Waals surface area contributed by atoms with Crippen LogP contribution in [0.15, 0.2) is 24.3 Å². The van der Waals surface area contributed by atoms with Crippen molar-refractivity contribution in [1.82, 2.24) is 14.7 Å². The Morgan fingerprint density at radius 2 is 1.75 bits per heavy atom. The van der Waals surface area contributed by atoms with E-state index in [0.29, 0.717) is 12.3 Å². The van der Waals surface area contributed by atoms with Gasteiger partial charge < -0.3 is 10.2 Å². The number of rotatable bonds is 13. The first-order chi connectivity index (χ1) is 15.6. The molecule has 0 radical (unpaired) electrons. The van der Waals surface area contributed by atoms with Gasteiger partial charge in [-0.25, -0.2) is 4.98 Å².